The third-order valence-corrected chi connectivity index (χ3v) is 4.17. The van der Waals surface area contributed by atoms with E-state index in [1.54, 1.807) is 12.6 Å². The molecule has 0 spiro atoms. The topological polar surface area (TPSA) is 103 Å². The molecule has 1 aromatic heterocycles. The van der Waals surface area contributed by atoms with Crippen LogP contribution >= 0.6 is 0 Å². The SMILES string of the molecule is COc1ccc2[nH]cc(CCNC(=O)c3ccc(C(=O)NO)cc3)c2c1. The van der Waals surface area contributed by atoms with E-state index in [0.717, 1.165) is 22.2 Å². The fourth-order valence-corrected chi connectivity index (χ4v) is 2.74. The highest BCUT2D eigenvalue weighted by molar-refractivity contribution is 5.97. The molecule has 2 aromatic carbocycles. The Morgan fingerprint density at radius 3 is 2.42 bits per heavy atom. The van der Waals surface area contributed by atoms with Crippen molar-refractivity contribution in [2.24, 2.45) is 0 Å². The third-order valence-electron chi connectivity index (χ3n) is 4.17. The monoisotopic (exact) mass is 353 g/mol. The van der Waals surface area contributed by atoms with Crippen molar-refractivity contribution >= 4 is 22.7 Å². The first-order valence-electron chi connectivity index (χ1n) is 8.09. The molecule has 0 fully saturated rings. The fourth-order valence-electron chi connectivity index (χ4n) is 2.74. The molecule has 3 aromatic rings. The van der Waals surface area contributed by atoms with Crippen LogP contribution in [0.1, 0.15) is 26.3 Å². The Balaban J connectivity index is 1.61. The van der Waals surface area contributed by atoms with Gasteiger partial charge in [0.2, 0.25) is 0 Å². The zero-order chi connectivity index (χ0) is 18.5. The predicted octanol–water partition coefficient (Wildman–Crippen LogP) is 2.27. The van der Waals surface area contributed by atoms with Crippen molar-refractivity contribution in [3.8, 4) is 5.75 Å². The van der Waals surface area contributed by atoms with E-state index < -0.39 is 5.91 Å². The molecule has 0 saturated heterocycles. The van der Waals surface area contributed by atoms with Crippen LogP contribution in [0.3, 0.4) is 0 Å². The summed E-state index contributed by atoms with van der Waals surface area (Å²) in [5.74, 6) is -0.0560. The Morgan fingerprint density at radius 2 is 1.77 bits per heavy atom. The van der Waals surface area contributed by atoms with Gasteiger partial charge in [0.15, 0.2) is 0 Å². The first kappa shape index (κ1) is 17.5. The number of hydrogen-bond acceptors (Lipinski definition) is 4. The Hall–Kier alpha value is -3.32. The van der Waals surface area contributed by atoms with Gasteiger partial charge in [-0.1, -0.05) is 0 Å². The molecule has 0 aliphatic rings. The van der Waals surface area contributed by atoms with Crippen molar-refractivity contribution in [1.82, 2.24) is 15.8 Å². The molecular weight excluding hydrogens is 334 g/mol. The molecule has 7 heteroatoms. The van der Waals surface area contributed by atoms with E-state index in [-0.39, 0.29) is 11.5 Å². The van der Waals surface area contributed by atoms with Gasteiger partial charge in [-0.05, 0) is 54.4 Å². The van der Waals surface area contributed by atoms with Crippen LogP contribution in [0.4, 0.5) is 0 Å². The van der Waals surface area contributed by atoms with Gasteiger partial charge in [0.25, 0.3) is 11.8 Å². The number of carbonyl (C=O) groups is 2. The fraction of sp³-hybridized carbons (Fsp3) is 0.158. The Labute approximate surface area is 149 Å². The molecule has 3 rings (SSSR count). The van der Waals surface area contributed by atoms with E-state index in [4.69, 9.17) is 9.94 Å². The lowest BCUT2D eigenvalue weighted by Crippen LogP contribution is -2.26. The maximum atomic E-state index is 12.2. The van der Waals surface area contributed by atoms with E-state index in [9.17, 15) is 9.59 Å². The highest BCUT2D eigenvalue weighted by Gasteiger charge is 2.09. The quantitative estimate of drug-likeness (QED) is 0.403. The Morgan fingerprint density at radius 1 is 1.08 bits per heavy atom. The van der Waals surface area contributed by atoms with E-state index in [2.05, 4.69) is 10.3 Å². The summed E-state index contributed by atoms with van der Waals surface area (Å²) in [6.45, 7) is 0.474. The highest BCUT2D eigenvalue weighted by atomic mass is 16.5. The summed E-state index contributed by atoms with van der Waals surface area (Å²) in [7, 11) is 1.63. The number of aromatic nitrogens is 1. The summed E-state index contributed by atoms with van der Waals surface area (Å²) in [5, 5.41) is 12.5. The van der Waals surface area contributed by atoms with Gasteiger partial charge in [0.05, 0.1) is 7.11 Å². The minimum atomic E-state index is -0.619. The second kappa shape index (κ2) is 7.71. The first-order valence-corrected chi connectivity index (χ1v) is 8.09. The molecule has 0 bridgehead atoms. The molecule has 0 aliphatic heterocycles. The number of aromatic amines is 1. The van der Waals surface area contributed by atoms with Gasteiger partial charge in [-0.3, -0.25) is 14.8 Å². The van der Waals surface area contributed by atoms with E-state index >= 15 is 0 Å². The molecule has 0 atom stereocenters. The number of benzene rings is 2. The lowest BCUT2D eigenvalue weighted by atomic mass is 10.1. The number of carbonyl (C=O) groups excluding carboxylic acids is 2. The minimum absolute atomic E-state index is 0.224. The summed E-state index contributed by atoms with van der Waals surface area (Å²) in [6, 6.07) is 11.9. The van der Waals surface area contributed by atoms with Gasteiger partial charge < -0.3 is 15.0 Å². The predicted molar refractivity (Wildman–Crippen MR) is 96.6 cm³/mol. The number of hydroxylamine groups is 1. The smallest absolute Gasteiger partial charge is 0.274 e. The van der Waals surface area contributed by atoms with Crippen LogP contribution in [-0.2, 0) is 6.42 Å². The maximum absolute atomic E-state index is 12.2. The Bertz CT molecular complexity index is 932. The van der Waals surface area contributed by atoms with Crippen LogP contribution < -0.4 is 15.5 Å². The van der Waals surface area contributed by atoms with Gasteiger partial charge in [0, 0.05) is 34.8 Å². The maximum Gasteiger partial charge on any atom is 0.274 e. The average Bonchev–Trinajstić information content (AvgIpc) is 3.09. The summed E-state index contributed by atoms with van der Waals surface area (Å²) in [6.07, 6.45) is 2.60. The molecule has 0 aliphatic carbocycles. The number of methoxy groups -OCH3 is 1. The van der Waals surface area contributed by atoms with Gasteiger partial charge >= 0.3 is 0 Å². The van der Waals surface area contributed by atoms with Crippen molar-refractivity contribution in [1.29, 1.82) is 0 Å². The zero-order valence-electron chi connectivity index (χ0n) is 14.2. The third kappa shape index (κ3) is 3.68. The van der Waals surface area contributed by atoms with Crippen molar-refractivity contribution in [2.75, 3.05) is 13.7 Å². The van der Waals surface area contributed by atoms with E-state index in [1.165, 1.54) is 24.3 Å². The summed E-state index contributed by atoms with van der Waals surface area (Å²) in [5.41, 5.74) is 4.38. The van der Waals surface area contributed by atoms with Gasteiger partial charge in [-0.25, -0.2) is 5.48 Å². The second-order valence-corrected chi connectivity index (χ2v) is 5.75. The number of nitrogens with one attached hydrogen (secondary N) is 3. The molecule has 7 nitrogen and oxygen atoms in total. The molecule has 0 saturated carbocycles. The van der Waals surface area contributed by atoms with Gasteiger partial charge in [0.1, 0.15) is 5.75 Å². The molecule has 0 unspecified atom stereocenters. The van der Waals surface area contributed by atoms with Crippen LogP contribution in [0.15, 0.2) is 48.7 Å². The van der Waals surface area contributed by atoms with Crippen molar-refractivity contribution in [3.05, 3.63) is 65.4 Å². The molecule has 2 amide bonds. The van der Waals surface area contributed by atoms with Crippen LogP contribution in [0.5, 0.6) is 5.75 Å². The van der Waals surface area contributed by atoms with Gasteiger partial charge in [-0.2, -0.15) is 0 Å². The van der Waals surface area contributed by atoms with Crippen LogP contribution in [0.25, 0.3) is 10.9 Å². The lowest BCUT2D eigenvalue weighted by Gasteiger charge is -2.06. The molecule has 134 valence electrons. The normalized spacial score (nSPS) is 10.5. The lowest BCUT2D eigenvalue weighted by molar-refractivity contribution is 0.0706. The van der Waals surface area contributed by atoms with Crippen molar-refractivity contribution < 1.29 is 19.5 Å². The number of hydrogen-bond donors (Lipinski definition) is 4. The molecule has 1 heterocycles. The first-order chi connectivity index (χ1) is 12.6. The largest absolute Gasteiger partial charge is 0.497 e. The number of H-pyrrole nitrogens is 1. The van der Waals surface area contributed by atoms with Crippen LogP contribution in [-0.4, -0.2) is 35.7 Å². The molecule has 4 N–H and O–H groups in total. The Kier molecular flexibility index (Phi) is 5.19. The standard InChI is InChI=1S/C19H19N3O4/c1-26-15-6-7-17-16(10-15)14(11-21-17)8-9-20-18(23)12-2-4-13(5-3-12)19(24)22-25/h2-7,10-11,21,25H,8-9H2,1H3,(H,20,23)(H,22,24). The van der Waals surface area contributed by atoms with Gasteiger partial charge in [-0.15, -0.1) is 0 Å². The number of fused-ring (bicyclic) bond motifs is 1. The number of rotatable bonds is 6. The van der Waals surface area contributed by atoms with Crippen LogP contribution in [0.2, 0.25) is 0 Å². The van der Waals surface area contributed by atoms with E-state index in [0.29, 0.717) is 18.5 Å². The summed E-state index contributed by atoms with van der Waals surface area (Å²) < 4.78 is 5.25. The highest BCUT2D eigenvalue weighted by Crippen LogP contribution is 2.23. The molecule has 0 radical (unpaired) electrons. The van der Waals surface area contributed by atoms with Crippen molar-refractivity contribution in [2.45, 2.75) is 6.42 Å². The van der Waals surface area contributed by atoms with E-state index in [1.807, 2.05) is 24.4 Å². The number of amides is 2. The summed E-state index contributed by atoms with van der Waals surface area (Å²) in [4.78, 5) is 26.7. The average molecular weight is 353 g/mol. The van der Waals surface area contributed by atoms with Crippen molar-refractivity contribution in [3.63, 3.8) is 0 Å². The number of ether oxygens (including phenoxy) is 1. The second-order valence-electron chi connectivity index (χ2n) is 5.75. The molecule has 26 heavy (non-hydrogen) atoms. The van der Waals surface area contributed by atoms with Crippen LogP contribution in [0, 0.1) is 0 Å². The zero-order valence-corrected chi connectivity index (χ0v) is 14.2. The summed E-state index contributed by atoms with van der Waals surface area (Å²) >= 11 is 0. The minimum Gasteiger partial charge on any atom is -0.497 e. The molecular formula is C19H19N3O4.